The molecule has 7 nitrogen and oxygen atoms in total. The monoisotopic (exact) mass is 401 g/mol. The fourth-order valence-electron chi connectivity index (χ4n) is 2.66. The number of benzene rings is 2. The molecule has 9 heteroatoms. The van der Waals surface area contributed by atoms with Gasteiger partial charge in [0.15, 0.2) is 0 Å². The fourth-order valence-corrected chi connectivity index (χ4v) is 2.85. The molecule has 4 rings (SSSR count). The molecule has 1 aliphatic rings. The topological polar surface area (TPSA) is 72.4 Å². The highest BCUT2D eigenvalue weighted by atomic mass is 35.5. The summed E-state index contributed by atoms with van der Waals surface area (Å²) < 4.78 is 24.2. The molecule has 1 fully saturated rings. The Labute approximate surface area is 166 Å². The molecule has 2 heterocycles. The summed E-state index contributed by atoms with van der Waals surface area (Å²) in [6.45, 7) is 2.51. The van der Waals surface area contributed by atoms with Gasteiger partial charge in [-0.2, -0.15) is 15.0 Å². The zero-order valence-corrected chi connectivity index (χ0v) is 15.6. The second-order valence-electron chi connectivity index (χ2n) is 6.03. The predicted molar refractivity (Wildman–Crippen MR) is 104 cm³/mol. The van der Waals surface area contributed by atoms with Gasteiger partial charge >= 0.3 is 6.01 Å². The zero-order valence-electron chi connectivity index (χ0n) is 14.8. The molecular formula is C19H17ClFN5O2. The molecule has 0 atom stereocenters. The van der Waals surface area contributed by atoms with E-state index in [0.29, 0.717) is 49.0 Å². The van der Waals surface area contributed by atoms with E-state index in [4.69, 9.17) is 21.1 Å². The van der Waals surface area contributed by atoms with Crippen molar-refractivity contribution >= 4 is 29.2 Å². The summed E-state index contributed by atoms with van der Waals surface area (Å²) in [6, 6.07) is 13.0. The van der Waals surface area contributed by atoms with Crippen LogP contribution in [0.1, 0.15) is 0 Å². The highest BCUT2D eigenvalue weighted by Gasteiger charge is 2.17. The summed E-state index contributed by atoms with van der Waals surface area (Å²) in [6.07, 6.45) is 0. The smallest absolute Gasteiger partial charge is 0.328 e. The molecule has 144 valence electrons. The van der Waals surface area contributed by atoms with Crippen molar-refractivity contribution < 1.29 is 13.9 Å². The molecule has 3 aromatic rings. The van der Waals surface area contributed by atoms with Gasteiger partial charge in [0.1, 0.15) is 11.6 Å². The number of morpholine rings is 1. The normalized spacial score (nSPS) is 14.0. The maximum atomic E-state index is 13.1. The van der Waals surface area contributed by atoms with E-state index in [-0.39, 0.29) is 11.8 Å². The SMILES string of the molecule is Fc1ccc(Oc2nc(Nc3cccc(Cl)c3)nc(N3CCOCC3)n2)cc1. The van der Waals surface area contributed by atoms with Crippen molar-refractivity contribution in [3.05, 3.63) is 59.4 Å². The van der Waals surface area contributed by atoms with Gasteiger partial charge in [0.05, 0.1) is 13.2 Å². The van der Waals surface area contributed by atoms with Crippen molar-refractivity contribution in [2.45, 2.75) is 0 Å². The molecule has 2 aromatic carbocycles. The van der Waals surface area contributed by atoms with Crippen LogP contribution in [-0.4, -0.2) is 41.3 Å². The van der Waals surface area contributed by atoms with Gasteiger partial charge < -0.3 is 19.7 Å². The Morgan fingerprint density at radius 3 is 2.57 bits per heavy atom. The summed E-state index contributed by atoms with van der Waals surface area (Å²) in [7, 11) is 0. The number of anilines is 3. The highest BCUT2D eigenvalue weighted by Crippen LogP contribution is 2.24. The maximum absolute atomic E-state index is 13.1. The van der Waals surface area contributed by atoms with Crippen LogP contribution < -0.4 is 15.0 Å². The third-order valence-electron chi connectivity index (χ3n) is 4.00. The first-order valence-electron chi connectivity index (χ1n) is 8.70. The number of rotatable bonds is 5. The van der Waals surface area contributed by atoms with Crippen LogP contribution in [0.15, 0.2) is 48.5 Å². The molecule has 0 aliphatic carbocycles. The van der Waals surface area contributed by atoms with Crippen LogP contribution in [0.3, 0.4) is 0 Å². The van der Waals surface area contributed by atoms with Crippen molar-refractivity contribution in [2.75, 3.05) is 36.5 Å². The average Bonchev–Trinajstić information content (AvgIpc) is 2.70. The lowest BCUT2D eigenvalue weighted by Gasteiger charge is -2.27. The number of nitrogens with one attached hydrogen (secondary N) is 1. The Morgan fingerprint density at radius 2 is 1.82 bits per heavy atom. The van der Waals surface area contributed by atoms with Crippen LogP contribution in [0.2, 0.25) is 5.02 Å². The molecule has 0 saturated carbocycles. The molecule has 0 bridgehead atoms. The van der Waals surface area contributed by atoms with Gasteiger partial charge in [0.2, 0.25) is 11.9 Å². The van der Waals surface area contributed by atoms with E-state index in [1.54, 1.807) is 12.1 Å². The summed E-state index contributed by atoms with van der Waals surface area (Å²) in [5.74, 6) is 0.866. The molecule has 0 unspecified atom stereocenters. The van der Waals surface area contributed by atoms with Crippen LogP contribution in [0.5, 0.6) is 11.8 Å². The Balaban J connectivity index is 1.64. The first-order valence-corrected chi connectivity index (χ1v) is 9.08. The van der Waals surface area contributed by atoms with Gasteiger partial charge in [-0.1, -0.05) is 17.7 Å². The summed E-state index contributed by atoms with van der Waals surface area (Å²) in [5, 5.41) is 3.71. The number of nitrogens with zero attached hydrogens (tertiary/aromatic N) is 4. The van der Waals surface area contributed by atoms with Crippen LogP contribution >= 0.6 is 11.6 Å². The van der Waals surface area contributed by atoms with Gasteiger partial charge in [-0.05, 0) is 42.5 Å². The number of aromatic nitrogens is 3. The lowest BCUT2D eigenvalue weighted by Crippen LogP contribution is -2.37. The Bertz CT molecular complexity index is 951. The van der Waals surface area contributed by atoms with E-state index in [9.17, 15) is 4.39 Å². The first-order chi connectivity index (χ1) is 13.7. The van der Waals surface area contributed by atoms with E-state index >= 15 is 0 Å². The van der Waals surface area contributed by atoms with Gasteiger partial charge in [-0.3, -0.25) is 0 Å². The molecule has 0 spiro atoms. The van der Waals surface area contributed by atoms with Crippen LogP contribution in [0.4, 0.5) is 22.0 Å². The maximum Gasteiger partial charge on any atom is 0.328 e. The zero-order chi connectivity index (χ0) is 19.3. The van der Waals surface area contributed by atoms with E-state index in [1.807, 2.05) is 17.0 Å². The lowest BCUT2D eigenvalue weighted by atomic mass is 10.3. The van der Waals surface area contributed by atoms with Crippen LogP contribution in [-0.2, 0) is 4.74 Å². The van der Waals surface area contributed by atoms with Crippen LogP contribution in [0, 0.1) is 5.82 Å². The van der Waals surface area contributed by atoms with Crippen LogP contribution in [0.25, 0.3) is 0 Å². The minimum Gasteiger partial charge on any atom is -0.424 e. The molecular weight excluding hydrogens is 385 g/mol. The number of halogens is 2. The molecule has 0 radical (unpaired) electrons. The Hall–Kier alpha value is -2.97. The Morgan fingerprint density at radius 1 is 1.04 bits per heavy atom. The molecule has 1 saturated heterocycles. The van der Waals surface area contributed by atoms with Crippen molar-refractivity contribution in [1.29, 1.82) is 0 Å². The quantitative estimate of drug-likeness (QED) is 0.691. The number of hydrogen-bond donors (Lipinski definition) is 1. The lowest BCUT2D eigenvalue weighted by molar-refractivity contribution is 0.122. The third kappa shape index (κ3) is 4.65. The van der Waals surface area contributed by atoms with Gasteiger partial charge in [-0.25, -0.2) is 4.39 Å². The molecule has 1 N–H and O–H groups in total. The van der Waals surface area contributed by atoms with E-state index in [1.165, 1.54) is 24.3 Å². The fraction of sp³-hybridized carbons (Fsp3) is 0.211. The summed E-state index contributed by atoms with van der Waals surface area (Å²) in [4.78, 5) is 15.2. The highest BCUT2D eigenvalue weighted by molar-refractivity contribution is 6.30. The largest absolute Gasteiger partial charge is 0.424 e. The minimum atomic E-state index is -0.347. The summed E-state index contributed by atoms with van der Waals surface area (Å²) >= 11 is 6.04. The third-order valence-corrected chi connectivity index (χ3v) is 4.24. The predicted octanol–water partition coefficient (Wildman–Crippen LogP) is 4.04. The Kier molecular flexibility index (Phi) is 5.50. The molecule has 1 aliphatic heterocycles. The van der Waals surface area contributed by atoms with Crippen molar-refractivity contribution in [3.63, 3.8) is 0 Å². The number of hydrogen-bond acceptors (Lipinski definition) is 7. The van der Waals surface area contributed by atoms with E-state index in [0.717, 1.165) is 5.69 Å². The minimum absolute atomic E-state index is 0.104. The van der Waals surface area contributed by atoms with Gasteiger partial charge in [0.25, 0.3) is 0 Å². The van der Waals surface area contributed by atoms with Crippen molar-refractivity contribution in [3.8, 4) is 11.8 Å². The van der Waals surface area contributed by atoms with E-state index in [2.05, 4.69) is 20.3 Å². The standard InChI is InChI=1S/C19H17ClFN5O2/c20-13-2-1-3-15(12-13)22-17-23-18(26-8-10-27-11-9-26)25-19(24-17)28-16-6-4-14(21)5-7-16/h1-7,12H,8-11H2,(H,22,23,24,25). The molecule has 1 aromatic heterocycles. The van der Waals surface area contributed by atoms with Crippen molar-refractivity contribution in [2.24, 2.45) is 0 Å². The van der Waals surface area contributed by atoms with E-state index < -0.39 is 0 Å². The molecule has 28 heavy (non-hydrogen) atoms. The van der Waals surface area contributed by atoms with Crippen molar-refractivity contribution in [1.82, 2.24) is 15.0 Å². The van der Waals surface area contributed by atoms with Gasteiger partial charge in [-0.15, -0.1) is 0 Å². The first kappa shape index (κ1) is 18.4. The summed E-state index contributed by atoms with van der Waals surface area (Å²) in [5.41, 5.74) is 0.736. The van der Waals surface area contributed by atoms with Gasteiger partial charge in [0, 0.05) is 23.8 Å². The second-order valence-corrected chi connectivity index (χ2v) is 6.47. The second kappa shape index (κ2) is 8.37. The average molecular weight is 402 g/mol. The number of ether oxygens (including phenoxy) is 2. The molecule has 0 amide bonds.